The molecule has 1 aliphatic rings. The van der Waals surface area contributed by atoms with Gasteiger partial charge in [0, 0.05) is 24.7 Å². The van der Waals surface area contributed by atoms with Crippen LogP contribution >= 0.6 is 11.3 Å². The zero-order valence-corrected chi connectivity index (χ0v) is 12.0. The molecule has 0 radical (unpaired) electrons. The summed E-state index contributed by atoms with van der Waals surface area (Å²) in [5.74, 6) is -0.163. The van der Waals surface area contributed by atoms with E-state index < -0.39 is 14.9 Å². The molecule has 1 saturated carbocycles. The van der Waals surface area contributed by atoms with Crippen LogP contribution in [0.1, 0.15) is 25.0 Å². The van der Waals surface area contributed by atoms with Crippen molar-refractivity contribution in [2.24, 2.45) is 0 Å². The fourth-order valence-electron chi connectivity index (χ4n) is 1.54. The van der Waals surface area contributed by atoms with Crippen LogP contribution in [0.4, 0.5) is 0 Å². The molecular formula is C10H15N3O4S2. The van der Waals surface area contributed by atoms with Gasteiger partial charge in [0.25, 0.3) is 10.0 Å². The van der Waals surface area contributed by atoms with Crippen molar-refractivity contribution in [3.8, 4) is 0 Å². The second-order valence-electron chi connectivity index (χ2n) is 4.42. The zero-order valence-electron chi connectivity index (χ0n) is 10.4. The number of hydrogen-bond donors (Lipinski definition) is 3. The number of carbonyl (C=O) groups is 1. The lowest BCUT2D eigenvalue weighted by atomic mass is 10.4. The van der Waals surface area contributed by atoms with Crippen LogP contribution in [0, 0.1) is 6.92 Å². The minimum atomic E-state index is -3.72. The van der Waals surface area contributed by atoms with Crippen molar-refractivity contribution < 1.29 is 13.2 Å². The number of carbonyl (C=O) groups excluding carboxylic acids is 1. The molecule has 0 unspecified atom stereocenters. The van der Waals surface area contributed by atoms with E-state index in [4.69, 9.17) is 0 Å². The maximum absolute atomic E-state index is 11.9. The smallest absolute Gasteiger partial charge is 0.305 e. The maximum Gasteiger partial charge on any atom is 0.305 e. The maximum atomic E-state index is 11.9. The Bertz CT molecular complexity index is 627. The number of aryl methyl sites for hydroxylation is 1. The monoisotopic (exact) mass is 305 g/mol. The lowest BCUT2D eigenvalue weighted by molar-refractivity contribution is -0.121. The predicted molar refractivity (Wildman–Crippen MR) is 70.6 cm³/mol. The number of amides is 1. The first kappa shape index (κ1) is 14.2. The Hall–Kier alpha value is -1.19. The van der Waals surface area contributed by atoms with Crippen molar-refractivity contribution in [3.05, 3.63) is 15.4 Å². The minimum absolute atomic E-state index is 0.0203. The van der Waals surface area contributed by atoms with E-state index in [0.29, 0.717) is 17.0 Å². The highest BCUT2D eigenvalue weighted by Gasteiger charge is 2.24. The van der Waals surface area contributed by atoms with Gasteiger partial charge in [0.15, 0.2) is 4.21 Å². The number of hydrogen-bond acceptors (Lipinski definition) is 5. The van der Waals surface area contributed by atoms with Gasteiger partial charge >= 0.3 is 4.87 Å². The van der Waals surface area contributed by atoms with Crippen molar-refractivity contribution in [2.75, 3.05) is 6.54 Å². The largest absolute Gasteiger partial charge is 0.353 e. The third-order valence-electron chi connectivity index (χ3n) is 2.61. The third kappa shape index (κ3) is 3.88. The first-order valence-corrected chi connectivity index (χ1v) is 8.17. The molecule has 1 amide bonds. The van der Waals surface area contributed by atoms with Crippen molar-refractivity contribution >= 4 is 27.3 Å². The second-order valence-corrected chi connectivity index (χ2v) is 7.36. The first-order valence-electron chi connectivity index (χ1n) is 5.87. The summed E-state index contributed by atoms with van der Waals surface area (Å²) < 4.78 is 26.1. The highest BCUT2D eigenvalue weighted by molar-refractivity contribution is 7.91. The highest BCUT2D eigenvalue weighted by atomic mass is 32.2. The summed E-state index contributed by atoms with van der Waals surface area (Å²) >= 11 is 0.639. The normalized spacial score (nSPS) is 15.4. The van der Waals surface area contributed by atoms with Gasteiger partial charge in [0.05, 0.1) is 0 Å². The van der Waals surface area contributed by atoms with Gasteiger partial charge in [-0.2, -0.15) is 0 Å². The second kappa shape index (κ2) is 5.43. The van der Waals surface area contributed by atoms with Crippen molar-refractivity contribution in [2.45, 2.75) is 36.4 Å². The van der Waals surface area contributed by atoms with E-state index in [1.165, 1.54) is 6.92 Å². The van der Waals surface area contributed by atoms with Gasteiger partial charge in [-0.25, -0.2) is 13.1 Å². The SMILES string of the molecule is Cc1[nH]c(=O)sc1S(=O)(=O)NCCC(=O)NC1CC1. The topological polar surface area (TPSA) is 108 Å². The Labute approximate surface area is 114 Å². The summed E-state index contributed by atoms with van der Waals surface area (Å²) in [5, 5.41) is 2.77. The summed E-state index contributed by atoms with van der Waals surface area (Å²) in [6.07, 6.45) is 2.08. The van der Waals surface area contributed by atoms with Gasteiger partial charge < -0.3 is 10.3 Å². The molecule has 1 fully saturated rings. The molecule has 0 spiro atoms. The van der Waals surface area contributed by atoms with Gasteiger partial charge in [0.1, 0.15) is 0 Å². The average Bonchev–Trinajstić information content (AvgIpc) is 3.02. The van der Waals surface area contributed by atoms with Gasteiger partial charge in [0.2, 0.25) is 5.91 Å². The van der Waals surface area contributed by atoms with Gasteiger partial charge in [-0.05, 0) is 19.8 Å². The number of rotatable bonds is 6. The van der Waals surface area contributed by atoms with E-state index in [1.807, 2.05) is 0 Å². The van der Waals surface area contributed by atoms with E-state index in [2.05, 4.69) is 15.0 Å². The van der Waals surface area contributed by atoms with Crippen LogP contribution in [0.5, 0.6) is 0 Å². The highest BCUT2D eigenvalue weighted by Crippen LogP contribution is 2.18. The van der Waals surface area contributed by atoms with Gasteiger partial charge in [-0.3, -0.25) is 9.59 Å². The molecule has 3 N–H and O–H groups in total. The van der Waals surface area contributed by atoms with Crippen molar-refractivity contribution in [3.63, 3.8) is 0 Å². The van der Waals surface area contributed by atoms with E-state index in [1.54, 1.807) is 0 Å². The molecule has 0 aliphatic heterocycles. The lowest BCUT2D eigenvalue weighted by Gasteiger charge is -2.05. The molecule has 19 heavy (non-hydrogen) atoms. The van der Waals surface area contributed by atoms with Crippen LogP contribution in [0.3, 0.4) is 0 Å². The van der Waals surface area contributed by atoms with Crippen LogP contribution in [0.15, 0.2) is 9.00 Å². The zero-order chi connectivity index (χ0) is 14.0. The van der Waals surface area contributed by atoms with Gasteiger partial charge in [-0.15, -0.1) is 0 Å². The Balaban J connectivity index is 1.88. The fraction of sp³-hybridized carbons (Fsp3) is 0.600. The predicted octanol–water partition coefficient (Wildman–Crippen LogP) is -0.308. The summed E-state index contributed by atoms with van der Waals surface area (Å²) in [7, 11) is -3.72. The minimum Gasteiger partial charge on any atom is -0.353 e. The third-order valence-corrected chi connectivity index (χ3v) is 5.68. The lowest BCUT2D eigenvalue weighted by Crippen LogP contribution is -2.31. The number of sulfonamides is 1. The Morgan fingerprint density at radius 3 is 2.68 bits per heavy atom. The van der Waals surface area contributed by atoms with Crippen LogP contribution < -0.4 is 14.9 Å². The molecule has 1 aromatic heterocycles. The molecule has 0 atom stereocenters. The van der Waals surface area contributed by atoms with Crippen molar-refractivity contribution in [1.82, 2.24) is 15.0 Å². The summed E-state index contributed by atoms with van der Waals surface area (Å²) in [6, 6.07) is 0.265. The number of nitrogens with one attached hydrogen (secondary N) is 3. The Morgan fingerprint density at radius 2 is 2.16 bits per heavy atom. The van der Waals surface area contributed by atoms with E-state index in [0.717, 1.165) is 12.8 Å². The molecule has 106 valence electrons. The quantitative estimate of drug-likeness (QED) is 0.670. The van der Waals surface area contributed by atoms with E-state index >= 15 is 0 Å². The molecule has 7 nitrogen and oxygen atoms in total. The van der Waals surface area contributed by atoms with Crippen LogP contribution in [-0.2, 0) is 14.8 Å². The summed E-state index contributed by atoms with van der Waals surface area (Å²) in [6.45, 7) is 1.54. The molecule has 1 heterocycles. The molecule has 2 rings (SSSR count). The van der Waals surface area contributed by atoms with E-state index in [9.17, 15) is 18.0 Å². The Morgan fingerprint density at radius 1 is 1.47 bits per heavy atom. The molecule has 0 saturated heterocycles. The van der Waals surface area contributed by atoms with Gasteiger partial charge in [-0.1, -0.05) is 11.3 Å². The van der Waals surface area contributed by atoms with Crippen LogP contribution in [0.25, 0.3) is 0 Å². The van der Waals surface area contributed by atoms with E-state index in [-0.39, 0.29) is 29.1 Å². The summed E-state index contributed by atoms with van der Waals surface area (Å²) in [4.78, 5) is 24.5. The number of H-pyrrole nitrogens is 1. The molecule has 0 aromatic carbocycles. The standard InChI is InChI=1S/C10H15N3O4S2/c1-6-9(18-10(15)12-6)19(16,17)11-5-4-8(14)13-7-2-3-7/h7,11H,2-5H2,1H3,(H,12,15)(H,13,14). The number of aromatic nitrogens is 1. The van der Waals surface area contributed by atoms with Crippen LogP contribution in [0.2, 0.25) is 0 Å². The number of thiazole rings is 1. The molecular weight excluding hydrogens is 290 g/mol. The average molecular weight is 305 g/mol. The van der Waals surface area contributed by atoms with Crippen molar-refractivity contribution in [1.29, 1.82) is 0 Å². The fourth-order valence-corrected chi connectivity index (χ4v) is 3.91. The number of aromatic amines is 1. The first-order chi connectivity index (χ1) is 8.88. The molecule has 1 aromatic rings. The summed E-state index contributed by atoms with van der Waals surface area (Å²) in [5.41, 5.74) is 0.310. The van der Waals surface area contributed by atoms with Crippen LogP contribution in [-0.4, -0.2) is 31.9 Å². The molecule has 9 heteroatoms. The molecule has 0 bridgehead atoms. The Kier molecular flexibility index (Phi) is 4.07. The molecule has 1 aliphatic carbocycles.